The van der Waals surface area contributed by atoms with Gasteiger partial charge in [-0.2, -0.15) is 0 Å². The van der Waals surface area contributed by atoms with Crippen LogP contribution in [-0.2, 0) is 16.0 Å². The molecule has 0 amide bonds. The fourth-order valence-corrected chi connectivity index (χ4v) is 2.87. The molecule has 1 aliphatic heterocycles. The van der Waals surface area contributed by atoms with E-state index >= 15 is 0 Å². The summed E-state index contributed by atoms with van der Waals surface area (Å²) in [6.45, 7) is 1.86. The van der Waals surface area contributed by atoms with E-state index in [1.165, 1.54) is 0 Å². The van der Waals surface area contributed by atoms with Crippen LogP contribution in [0.25, 0.3) is 11.1 Å². The number of nitrogens with one attached hydrogen (secondary N) is 1. The van der Waals surface area contributed by atoms with Crippen LogP contribution in [0.5, 0.6) is 0 Å². The molecule has 1 heterocycles. The van der Waals surface area contributed by atoms with Crippen molar-refractivity contribution in [1.29, 1.82) is 0 Å². The third kappa shape index (κ3) is 3.74. The molecule has 0 spiro atoms. The molecule has 0 aliphatic carbocycles. The van der Waals surface area contributed by atoms with Crippen molar-refractivity contribution < 1.29 is 9.53 Å². The molecule has 3 heteroatoms. The molecule has 1 fully saturated rings. The van der Waals surface area contributed by atoms with Crippen LogP contribution in [0.4, 0.5) is 0 Å². The second-order valence-electron chi connectivity index (χ2n) is 5.64. The zero-order chi connectivity index (χ0) is 15.2. The van der Waals surface area contributed by atoms with Gasteiger partial charge in [0, 0.05) is 0 Å². The third-order valence-corrected chi connectivity index (χ3v) is 4.02. The number of benzene rings is 2. The van der Waals surface area contributed by atoms with Crippen molar-refractivity contribution >= 4 is 5.97 Å². The molecule has 2 aromatic rings. The predicted molar refractivity (Wildman–Crippen MR) is 87.6 cm³/mol. The van der Waals surface area contributed by atoms with Crippen molar-refractivity contribution in [1.82, 2.24) is 5.32 Å². The van der Waals surface area contributed by atoms with E-state index in [2.05, 4.69) is 23.5 Å². The maximum atomic E-state index is 12.2. The van der Waals surface area contributed by atoms with Gasteiger partial charge >= 0.3 is 5.97 Å². The van der Waals surface area contributed by atoms with Gasteiger partial charge in [0.15, 0.2) is 0 Å². The SMILES string of the molecule is O=C(Cc1ccccc1-c1ccccc1)OC1CCNCC1. The highest BCUT2D eigenvalue weighted by Crippen LogP contribution is 2.24. The first-order valence-corrected chi connectivity index (χ1v) is 7.86. The van der Waals surface area contributed by atoms with Gasteiger partial charge in [0.1, 0.15) is 6.10 Å². The van der Waals surface area contributed by atoms with Crippen LogP contribution in [-0.4, -0.2) is 25.2 Å². The topological polar surface area (TPSA) is 38.3 Å². The van der Waals surface area contributed by atoms with Crippen molar-refractivity contribution in [2.24, 2.45) is 0 Å². The lowest BCUT2D eigenvalue weighted by molar-refractivity contribution is -0.149. The Bertz CT molecular complexity index is 618. The number of piperidine rings is 1. The van der Waals surface area contributed by atoms with Crippen molar-refractivity contribution in [2.45, 2.75) is 25.4 Å². The summed E-state index contributed by atoms with van der Waals surface area (Å²) in [7, 11) is 0. The molecule has 2 aromatic carbocycles. The fraction of sp³-hybridized carbons (Fsp3) is 0.316. The highest BCUT2D eigenvalue weighted by atomic mass is 16.5. The highest BCUT2D eigenvalue weighted by molar-refractivity contribution is 5.78. The Kier molecular flexibility index (Phi) is 4.86. The smallest absolute Gasteiger partial charge is 0.310 e. The molecule has 3 rings (SSSR count). The number of carbonyl (C=O) groups excluding carboxylic acids is 1. The van der Waals surface area contributed by atoms with E-state index in [0.717, 1.165) is 42.6 Å². The number of carbonyl (C=O) groups is 1. The molecular formula is C19H21NO2. The van der Waals surface area contributed by atoms with Crippen LogP contribution in [0, 0.1) is 0 Å². The monoisotopic (exact) mass is 295 g/mol. The Morgan fingerprint density at radius 3 is 2.45 bits per heavy atom. The minimum absolute atomic E-state index is 0.0673. The Hall–Kier alpha value is -2.13. The minimum Gasteiger partial charge on any atom is -0.462 e. The average molecular weight is 295 g/mol. The Balaban J connectivity index is 1.71. The second kappa shape index (κ2) is 7.23. The normalized spacial score (nSPS) is 15.5. The number of hydrogen-bond donors (Lipinski definition) is 1. The molecule has 0 aromatic heterocycles. The largest absolute Gasteiger partial charge is 0.462 e. The van der Waals surface area contributed by atoms with E-state index in [0.29, 0.717) is 6.42 Å². The maximum absolute atomic E-state index is 12.2. The summed E-state index contributed by atoms with van der Waals surface area (Å²) in [5.41, 5.74) is 3.26. The van der Waals surface area contributed by atoms with Crippen LogP contribution >= 0.6 is 0 Å². The lowest BCUT2D eigenvalue weighted by Gasteiger charge is -2.23. The molecule has 0 saturated carbocycles. The Labute approximate surface area is 131 Å². The van der Waals surface area contributed by atoms with Crippen LogP contribution in [0.15, 0.2) is 54.6 Å². The van der Waals surface area contributed by atoms with Crippen LogP contribution in [0.2, 0.25) is 0 Å². The molecule has 0 atom stereocenters. The zero-order valence-corrected chi connectivity index (χ0v) is 12.6. The van der Waals surface area contributed by atoms with Gasteiger partial charge in [-0.3, -0.25) is 4.79 Å². The lowest BCUT2D eigenvalue weighted by Crippen LogP contribution is -2.34. The predicted octanol–water partition coefficient (Wildman–Crippen LogP) is 3.19. The van der Waals surface area contributed by atoms with Crippen molar-refractivity contribution in [3.05, 3.63) is 60.2 Å². The van der Waals surface area contributed by atoms with Crippen molar-refractivity contribution in [3.8, 4) is 11.1 Å². The molecule has 22 heavy (non-hydrogen) atoms. The summed E-state index contributed by atoms with van der Waals surface area (Å²) >= 11 is 0. The van der Waals surface area contributed by atoms with Crippen LogP contribution in [0.3, 0.4) is 0 Å². The van der Waals surface area contributed by atoms with Crippen LogP contribution in [0.1, 0.15) is 18.4 Å². The summed E-state index contributed by atoms with van der Waals surface area (Å²) in [4.78, 5) is 12.2. The molecule has 3 nitrogen and oxygen atoms in total. The Morgan fingerprint density at radius 1 is 1.00 bits per heavy atom. The maximum Gasteiger partial charge on any atom is 0.310 e. The van der Waals surface area contributed by atoms with E-state index in [1.807, 2.05) is 36.4 Å². The molecule has 1 aliphatic rings. The number of hydrogen-bond acceptors (Lipinski definition) is 3. The Morgan fingerprint density at radius 2 is 1.68 bits per heavy atom. The van der Waals surface area contributed by atoms with Crippen LogP contribution < -0.4 is 5.32 Å². The first-order chi connectivity index (χ1) is 10.8. The van der Waals surface area contributed by atoms with Gasteiger partial charge in [0.2, 0.25) is 0 Å². The first kappa shape index (κ1) is 14.8. The summed E-state index contributed by atoms with van der Waals surface area (Å²) in [5, 5.41) is 3.28. The minimum atomic E-state index is -0.129. The lowest BCUT2D eigenvalue weighted by atomic mass is 9.98. The van der Waals surface area contributed by atoms with E-state index in [9.17, 15) is 4.79 Å². The van der Waals surface area contributed by atoms with Gasteiger partial charge in [0.25, 0.3) is 0 Å². The molecular weight excluding hydrogens is 274 g/mol. The van der Waals surface area contributed by atoms with Gasteiger partial charge in [-0.05, 0) is 42.6 Å². The second-order valence-corrected chi connectivity index (χ2v) is 5.64. The van der Waals surface area contributed by atoms with E-state index in [4.69, 9.17) is 4.74 Å². The zero-order valence-electron chi connectivity index (χ0n) is 12.6. The van der Waals surface area contributed by atoms with Gasteiger partial charge in [-0.15, -0.1) is 0 Å². The van der Waals surface area contributed by atoms with Gasteiger partial charge in [-0.25, -0.2) is 0 Å². The van der Waals surface area contributed by atoms with E-state index in [1.54, 1.807) is 0 Å². The standard InChI is InChI=1S/C19H21NO2/c21-19(22-17-10-12-20-13-11-17)14-16-8-4-5-9-18(16)15-6-2-1-3-7-15/h1-9,17,20H,10-14H2. The third-order valence-electron chi connectivity index (χ3n) is 4.02. The highest BCUT2D eigenvalue weighted by Gasteiger charge is 2.18. The van der Waals surface area contributed by atoms with Gasteiger partial charge in [0.05, 0.1) is 6.42 Å². The van der Waals surface area contributed by atoms with E-state index < -0.39 is 0 Å². The molecule has 1 saturated heterocycles. The first-order valence-electron chi connectivity index (χ1n) is 7.86. The molecule has 0 bridgehead atoms. The fourth-order valence-electron chi connectivity index (χ4n) is 2.87. The van der Waals surface area contributed by atoms with Gasteiger partial charge in [-0.1, -0.05) is 54.6 Å². The summed E-state index contributed by atoms with van der Waals surface area (Å²) in [5.74, 6) is -0.129. The van der Waals surface area contributed by atoms with Crippen molar-refractivity contribution in [3.63, 3.8) is 0 Å². The van der Waals surface area contributed by atoms with Gasteiger partial charge < -0.3 is 10.1 Å². The summed E-state index contributed by atoms with van der Waals surface area (Å²) < 4.78 is 5.61. The molecule has 0 radical (unpaired) electrons. The molecule has 1 N–H and O–H groups in total. The number of ether oxygens (including phenoxy) is 1. The number of rotatable bonds is 4. The van der Waals surface area contributed by atoms with Crippen molar-refractivity contribution in [2.75, 3.05) is 13.1 Å². The summed E-state index contributed by atoms with van der Waals surface area (Å²) in [6, 6.07) is 18.2. The summed E-state index contributed by atoms with van der Waals surface area (Å²) in [6.07, 6.45) is 2.21. The van der Waals surface area contributed by atoms with E-state index in [-0.39, 0.29) is 12.1 Å². The number of esters is 1. The quantitative estimate of drug-likeness (QED) is 0.880. The molecule has 114 valence electrons. The molecule has 0 unspecified atom stereocenters. The average Bonchev–Trinajstić information content (AvgIpc) is 2.57.